The molecule has 1 N–H and O–H groups in total. The Morgan fingerprint density at radius 3 is 2.69 bits per heavy atom. The molecular formula is C18H19Cl2N3O3. The molecule has 1 aromatic carbocycles. The van der Waals surface area contributed by atoms with Gasteiger partial charge in [-0.3, -0.25) is 4.79 Å². The minimum Gasteiger partial charge on any atom is -0.480 e. The predicted octanol–water partition coefficient (Wildman–Crippen LogP) is 3.41. The summed E-state index contributed by atoms with van der Waals surface area (Å²) in [6.07, 6.45) is 1.33. The van der Waals surface area contributed by atoms with E-state index in [1.54, 1.807) is 22.9 Å². The molecule has 1 atom stereocenters. The zero-order valence-electron chi connectivity index (χ0n) is 14.5. The normalized spacial score (nSPS) is 16.9. The number of carboxylic acids is 1. The van der Waals surface area contributed by atoms with Gasteiger partial charge < -0.3 is 10.0 Å². The molecule has 0 unspecified atom stereocenters. The van der Waals surface area contributed by atoms with Crippen molar-refractivity contribution in [1.29, 1.82) is 0 Å². The van der Waals surface area contributed by atoms with Gasteiger partial charge in [0, 0.05) is 22.8 Å². The molecule has 8 heteroatoms. The van der Waals surface area contributed by atoms with Gasteiger partial charge in [0.25, 0.3) is 0 Å². The SMILES string of the molecule is Cc1nn(-c2ccc(Cl)cc2Cl)c(C)c1CC(=O)N1CCC[C@@H]1C(=O)O. The van der Waals surface area contributed by atoms with Crippen LogP contribution in [0.15, 0.2) is 18.2 Å². The lowest BCUT2D eigenvalue weighted by atomic mass is 10.1. The summed E-state index contributed by atoms with van der Waals surface area (Å²) in [6.45, 7) is 4.17. The van der Waals surface area contributed by atoms with E-state index in [1.807, 2.05) is 13.8 Å². The monoisotopic (exact) mass is 395 g/mol. The molecule has 1 fully saturated rings. The van der Waals surface area contributed by atoms with Crippen molar-refractivity contribution in [2.45, 2.75) is 39.2 Å². The standard InChI is InChI=1S/C18H19Cl2N3O3/c1-10-13(9-17(24)22-7-3-4-16(22)18(25)26)11(2)23(21-10)15-6-5-12(19)8-14(15)20/h5-6,8,16H,3-4,7,9H2,1-2H3,(H,25,26)/t16-/m1/s1. The van der Waals surface area contributed by atoms with Crippen molar-refractivity contribution in [3.05, 3.63) is 45.2 Å². The van der Waals surface area contributed by atoms with Gasteiger partial charge in [-0.1, -0.05) is 23.2 Å². The van der Waals surface area contributed by atoms with Crippen molar-refractivity contribution in [2.24, 2.45) is 0 Å². The molecule has 1 aliphatic rings. The highest BCUT2D eigenvalue weighted by molar-refractivity contribution is 6.35. The molecule has 1 amide bonds. The van der Waals surface area contributed by atoms with Crippen LogP contribution in [-0.4, -0.2) is 44.3 Å². The lowest BCUT2D eigenvalue weighted by molar-refractivity contribution is -0.148. The second-order valence-electron chi connectivity index (χ2n) is 6.42. The zero-order valence-corrected chi connectivity index (χ0v) is 16.0. The van der Waals surface area contributed by atoms with E-state index in [4.69, 9.17) is 23.2 Å². The molecule has 1 aromatic heterocycles. The molecule has 0 radical (unpaired) electrons. The Labute approximate surface area is 161 Å². The zero-order chi connectivity index (χ0) is 19.0. The fraction of sp³-hybridized carbons (Fsp3) is 0.389. The number of hydrogen-bond acceptors (Lipinski definition) is 3. The van der Waals surface area contributed by atoms with Crippen molar-refractivity contribution in [2.75, 3.05) is 6.54 Å². The van der Waals surface area contributed by atoms with E-state index in [0.717, 1.165) is 11.3 Å². The van der Waals surface area contributed by atoms with E-state index in [0.29, 0.717) is 40.8 Å². The number of likely N-dealkylation sites (tertiary alicyclic amines) is 1. The van der Waals surface area contributed by atoms with Crippen LogP contribution in [0.4, 0.5) is 0 Å². The van der Waals surface area contributed by atoms with E-state index in [-0.39, 0.29) is 12.3 Å². The average molecular weight is 396 g/mol. The number of aryl methyl sites for hydroxylation is 1. The van der Waals surface area contributed by atoms with Crippen LogP contribution in [0.3, 0.4) is 0 Å². The summed E-state index contributed by atoms with van der Waals surface area (Å²) in [5.41, 5.74) is 2.98. The summed E-state index contributed by atoms with van der Waals surface area (Å²) < 4.78 is 1.69. The summed E-state index contributed by atoms with van der Waals surface area (Å²) in [7, 11) is 0. The number of carbonyl (C=O) groups is 2. The number of halogens is 2. The van der Waals surface area contributed by atoms with Crippen LogP contribution >= 0.6 is 23.2 Å². The first-order valence-electron chi connectivity index (χ1n) is 8.32. The van der Waals surface area contributed by atoms with Crippen LogP contribution < -0.4 is 0 Å². The van der Waals surface area contributed by atoms with Gasteiger partial charge in [-0.05, 0) is 44.9 Å². The molecule has 3 rings (SSSR count). The maximum atomic E-state index is 12.7. The summed E-state index contributed by atoms with van der Waals surface area (Å²) in [5, 5.41) is 14.8. The van der Waals surface area contributed by atoms with Gasteiger partial charge in [0.15, 0.2) is 0 Å². The van der Waals surface area contributed by atoms with Gasteiger partial charge in [-0.25, -0.2) is 9.48 Å². The maximum absolute atomic E-state index is 12.7. The van der Waals surface area contributed by atoms with Crippen molar-refractivity contribution in [1.82, 2.24) is 14.7 Å². The highest BCUT2D eigenvalue weighted by Crippen LogP contribution is 2.28. The van der Waals surface area contributed by atoms with Crippen LogP contribution in [0.1, 0.15) is 29.8 Å². The number of carbonyl (C=O) groups excluding carboxylic acids is 1. The minimum absolute atomic E-state index is 0.118. The van der Waals surface area contributed by atoms with Gasteiger partial charge in [-0.2, -0.15) is 5.10 Å². The Kier molecular flexibility index (Phi) is 5.25. The summed E-state index contributed by atoms with van der Waals surface area (Å²) >= 11 is 12.2. The maximum Gasteiger partial charge on any atom is 0.326 e. The molecule has 0 bridgehead atoms. The van der Waals surface area contributed by atoms with Crippen LogP contribution in [0.5, 0.6) is 0 Å². The molecule has 2 aromatic rings. The van der Waals surface area contributed by atoms with Crippen LogP contribution in [0.25, 0.3) is 5.69 Å². The van der Waals surface area contributed by atoms with E-state index in [2.05, 4.69) is 5.10 Å². The molecule has 138 valence electrons. The van der Waals surface area contributed by atoms with Crippen LogP contribution in [-0.2, 0) is 16.0 Å². The van der Waals surface area contributed by atoms with Crippen LogP contribution in [0, 0.1) is 13.8 Å². The second-order valence-corrected chi connectivity index (χ2v) is 7.26. The number of benzene rings is 1. The Bertz CT molecular complexity index is 879. The Hall–Kier alpha value is -2.05. The topological polar surface area (TPSA) is 75.4 Å². The fourth-order valence-electron chi connectivity index (χ4n) is 3.39. The Morgan fingerprint density at radius 1 is 1.31 bits per heavy atom. The van der Waals surface area contributed by atoms with Gasteiger partial charge in [0.2, 0.25) is 5.91 Å². The minimum atomic E-state index is -0.951. The average Bonchev–Trinajstić information content (AvgIpc) is 3.16. The first-order valence-corrected chi connectivity index (χ1v) is 9.08. The summed E-state index contributed by atoms with van der Waals surface area (Å²) in [4.78, 5) is 25.4. The fourth-order valence-corrected chi connectivity index (χ4v) is 3.88. The number of rotatable bonds is 4. The van der Waals surface area contributed by atoms with Crippen molar-refractivity contribution < 1.29 is 14.7 Å². The lowest BCUT2D eigenvalue weighted by Gasteiger charge is -2.21. The molecule has 26 heavy (non-hydrogen) atoms. The summed E-state index contributed by atoms with van der Waals surface area (Å²) in [5.74, 6) is -1.14. The Morgan fingerprint density at radius 2 is 2.04 bits per heavy atom. The molecule has 0 aliphatic carbocycles. The van der Waals surface area contributed by atoms with Crippen LogP contribution in [0.2, 0.25) is 10.0 Å². The third-order valence-electron chi connectivity index (χ3n) is 4.77. The second kappa shape index (κ2) is 7.29. The molecule has 1 saturated heterocycles. The number of carboxylic acid groups (broad SMARTS) is 1. The highest BCUT2D eigenvalue weighted by atomic mass is 35.5. The van der Waals surface area contributed by atoms with E-state index in [9.17, 15) is 14.7 Å². The van der Waals surface area contributed by atoms with Gasteiger partial charge >= 0.3 is 5.97 Å². The third kappa shape index (κ3) is 3.44. The first kappa shape index (κ1) is 18.7. The summed E-state index contributed by atoms with van der Waals surface area (Å²) in [6, 6.07) is 4.41. The lowest BCUT2D eigenvalue weighted by Crippen LogP contribution is -2.41. The van der Waals surface area contributed by atoms with Gasteiger partial charge in [0.05, 0.1) is 22.8 Å². The van der Waals surface area contributed by atoms with Crippen molar-refractivity contribution in [3.8, 4) is 5.69 Å². The number of nitrogens with zero attached hydrogens (tertiary/aromatic N) is 3. The van der Waals surface area contributed by atoms with Crippen molar-refractivity contribution >= 4 is 35.1 Å². The number of aliphatic carboxylic acids is 1. The van der Waals surface area contributed by atoms with Crippen molar-refractivity contribution in [3.63, 3.8) is 0 Å². The smallest absolute Gasteiger partial charge is 0.326 e. The molecule has 6 nitrogen and oxygen atoms in total. The Balaban J connectivity index is 1.89. The molecule has 0 spiro atoms. The predicted molar refractivity (Wildman–Crippen MR) is 99.1 cm³/mol. The quantitative estimate of drug-likeness (QED) is 0.860. The van der Waals surface area contributed by atoms with E-state index < -0.39 is 12.0 Å². The number of aromatic nitrogens is 2. The molecule has 2 heterocycles. The van der Waals surface area contributed by atoms with Gasteiger partial charge in [0.1, 0.15) is 6.04 Å². The third-order valence-corrected chi connectivity index (χ3v) is 5.30. The molecule has 0 saturated carbocycles. The molecule has 1 aliphatic heterocycles. The molecular weight excluding hydrogens is 377 g/mol. The van der Waals surface area contributed by atoms with Gasteiger partial charge in [-0.15, -0.1) is 0 Å². The highest BCUT2D eigenvalue weighted by Gasteiger charge is 2.34. The number of amides is 1. The largest absolute Gasteiger partial charge is 0.480 e. The first-order chi connectivity index (χ1) is 12.3. The van der Waals surface area contributed by atoms with E-state index in [1.165, 1.54) is 4.90 Å². The number of hydrogen-bond donors (Lipinski definition) is 1. The van der Waals surface area contributed by atoms with E-state index >= 15 is 0 Å².